The summed E-state index contributed by atoms with van der Waals surface area (Å²) in [4.78, 5) is 27.7. The molecule has 196 valence electrons. The van der Waals surface area contributed by atoms with E-state index in [1.807, 2.05) is 30.3 Å². The van der Waals surface area contributed by atoms with Crippen molar-refractivity contribution < 1.29 is 38.0 Å². The van der Waals surface area contributed by atoms with E-state index in [-0.39, 0.29) is 19.8 Å². The van der Waals surface area contributed by atoms with Gasteiger partial charge in [-0.25, -0.2) is 9.59 Å². The van der Waals surface area contributed by atoms with Crippen LogP contribution in [0.5, 0.6) is 0 Å². The fourth-order valence-electron chi connectivity index (χ4n) is 4.37. The van der Waals surface area contributed by atoms with E-state index in [4.69, 9.17) is 28.4 Å². The minimum absolute atomic E-state index is 0.168. The molecule has 2 aliphatic heterocycles. The van der Waals surface area contributed by atoms with E-state index in [0.29, 0.717) is 0 Å². The molecule has 0 unspecified atom stereocenters. The Morgan fingerprint density at radius 2 is 1.77 bits per heavy atom. The highest BCUT2D eigenvalue weighted by atomic mass is 16.8. The van der Waals surface area contributed by atoms with Crippen LogP contribution in [0.3, 0.4) is 0 Å². The minimum atomic E-state index is -1.05. The molecule has 0 saturated carbocycles. The molecule has 1 aromatic rings. The van der Waals surface area contributed by atoms with Gasteiger partial charge in [-0.15, -0.1) is 0 Å². The molecule has 0 aliphatic carbocycles. The van der Waals surface area contributed by atoms with Crippen molar-refractivity contribution in [3.8, 4) is 0 Å². The molecule has 3 rings (SSSR count). The number of amides is 1. The standard InChI is InChI=1S/C26H39NO8/c1-9-30-22(28)21-20(33-26(7,8)34-21)19(31-15-17-13-11-10-12-14-17)18-16-32-25(5,6)27(18)23(29)35-24(2,3)4/h10-14,18-21H,9,15-16H2,1-8H3/t18-,19+,20+,21-/m1/s1. The predicted molar refractivity (Wildman–Crippen MR) is 127 cm³/mol. The summed E-state index contributed by atoms with van der Waals surface area (Å²) in [6.07, 6.45) is -3.19. The van der Waals surface area contributed by atoms with Crippen molar-refractivity contribution in [2.24, 2.45) is 0 Å². The molecular formula is C26H39NO8. The first-order valence-corrected chi connectivity index (χ1v) is 12.1. The monoisotopic (exact) mass is 493 g/mol. The zero-order valence-electron chi connectivity index (χ0n) is 22.0. The Hall–Kier alpha value is -2.20. The molecule has 0 aromatic heterocycles. The van der Waals surface area contributed by atoms with Crippen molar-refractivity contribution in [3.05, 3.63) is 35.9 Å². The molecule has 0 spiro atoms. The van der Waals surface area contributed by atoms with Crippen LogP contribution in [0, 0.1) is 0 Å². The fourth-order valence-corrected chi connectivity index (χ4v) is 4.37. The quantitative estimate of drug-likeness (QED) is 0.526. The van der Waals surface area contributed by atoms with Gasteiger partial charge in [-0.2, -0.15) is 0 Å². The van der Waals surface area contributed by atoms with Gasteiger partial charge < -0.3 is 28.4 Å². The van der Waals surface area contributed by atoms with Gasteiger partial charge in [-0.05, 0) is 61.0 Å². The van der Waals surface area contributed by atoms with E-state index in [0.717, 1.165) is 5.56 Å². The van der Waals surface area contributed by atoms with Crippen molar-refractivity contribution in [1.29, 1.82) is 0 Å². The average molecular weight is 494 g/mol. The summed E-state index contributed by atoms with van der Waals surface area (Å²) >= 11 is 0. The number of carbonyl (C=O) groups is 2. The normalized spacial score (nSPS) is 26.4. The minimum Gasteiger partial charge on any atom is -0.464 e. The second-order valence-electron chi connectivity index (χ2n) is 10.7. The third kappa shape index (κ3) is 6.73. The summed E-state index contributed by atoms with van der Waals surface area (Å²) < 4.78 is 35.6. The SMILES string of the molecule is CCOC(=O)[C@@H]1OC(C)(C)O[C@H]1[C@@H](OCc1ccccc1)[C@H]1COC(C)(C)N1C(=O)OC(C)(C)C. The Labute approximate surface area is 207 Å². The molecule has 2 fully saturated rings. The first-order chi connectivity index (χ1) is 16.2. The van der Waals surface area contributed by atoms with E-state index >= 15 is 0 Å². The summed E-state index contributed by atoms with van der Waals surface area (Å²) in [6, 6.07) is 9.03. The lowest BCUT2D eigenvalue weighted by Gasteiger charge is -2.39. The number of hydrogen-bond acceptors (Lipinski definition) is 8. The highest BCUT2D eigenvalue weighted by Crippen LogP contribution is 2.38. The smallest absolute Gasteiger partial charge is 0.412 e. The molecule has 35 heavy (non-hydrogen) atoms. The topological polar surface area (TPSA) is 92.8 Å². The molecule has 2 heterocycles. The first kappa shape index (κ1) is 27.4. The van der Waals surface area contributed by atoms with E-state index < -0.39 is 53.5 Å². The number of ether oxygens (including phenoxy) is 6. The van der Waals surface area contributed by atoms with Gasteiger partial charge in [0.2, 0.25) is 0 Å². The maximum Gasteiger partial charge on any atom is 0.412 e. The van der Waals surface area contributed by atoms with Crippen LogP contribution in [0.25, 0.3) is 0 Å². The third-order valence-corrected chi connectivity index (χ3v) is 5.75. The molecule has 2 aliphatic rings. The van der Waals surface area contributed by atoms with Gasteiger partial charge >= 0.3 is 12.1 Å². The zero-order valence-corrected chi connectivity index (χ0v) is 22.0. The van der Waals surface area contributed by atoms with Crippen molar-refractivity contribution in [2.45, 2.75) is 103 Å². The molecule has 0 radical (unpaired) electrons. The summed E-state index contributed by atoms with van der Waals surface area (Å²) in [5.74, 6) is -1.60. The molecule has 0 bridgehead atoms. The number of nitrogens with zero attached hydrogens (tertiary/aromatic N) is 1. The molecular weight excluding hydrogens is 454 g/mol. The van der Waals surface area contributed by atoms with Crippen LogP contribution in [0.1, 0.15) is 61.0 Å². The van der Waals surface area contributed by atoms with E-state index in [1.54, 1.807) is 55.4 Å². The van der Waals surface area contributed by atoms with Gasteiger partial charge in [0.1, 0.15) is 23.5 Å². The molecule has 9 heteroatoms. The maximum absolute atomic E-state index is 13.3. The van der Waals surface area contributed by atoms with Crippen molar-refractivity contribution >= 4 is 12.1 Å². The number of carbonyl (C=O) groups excluding carboxylic acids is 2. The lowest BCUT2D eigenvalue weighted by Crippen LogP contribution is -2.58. The molecule has 1 aromatic carbocycles. The van der Waals surface area contributed by atoms with Crippen LogP contribution < -0.4 is 0 Å². The van der Waals surface area contributed by atoms with E-state index in [2.05, 4.69) is 0 Å². The van der Waals surface area contributed by atoms with E-state index in [9.17, 15) is 9.59 Å². The Bertz CT molecular complexity index is 879. The fraction of sp³-hybridized carbons (Fsp3) is 0.692. The summed E-state index contributed by atoms with van der Waals surface area (Å²) in [5, 5.41) is 0. The average Bonchev–Trinajstić information content (AvgIpc) is 3.23. The van der Waals surface area contributed by atoms with Crippen molar-refractivity contribution in [1.82, 2.24) is 4.90 Å². The van der Waals surface area contributed by atoms with Gasteiger partial charge in [0.15, 0.2) is 11.9 Å². The van der Waals surface area contributed by atoms with Gasteiger partial charge in [0.05, 0.1) is 25.9 Å². The maximum atomic E-state index is 13.3. The second-order valence-corrected chi connectivity index (χ2v) is 10.7. The lowest BCUT2D eigenvalue weighted by molar-refractivity contribution is -0.173. The van der Waals surface area contributed by atoms with Crippen LogP contribution in [0.4, 0.5) is 4.79 Å². The van der Waals surface area contributed by atoms with Gasteiger partial charge in [-0.1, -0.05) is 30.3 Å². The largest absolute Gasteiger partial charge is 0.464 e. The third-order valence-electron chi connectivity index (χ3n) is 5.75. The lowest BCUT2D eigenvalue weighted by atomic mass is 9.99. The summed E-state index contributed by atoms with van der Waals surface area (Å²) in [7, 11) is 0. The number of rotatable bonds is 7. The Morgan fingerprint density at radius 3 is 2.37 bits per heavy atom. The number of benzene rings is 1. The number of esters is 1. The van der Waals surface area contributed by atoms with Crippen molar-refractivity contribution in [2.75, 3.05) is 13.2 Å². The van der Waals surface area contributed by atoms with Crippen molar-refractivity contribution in [3.63, 3.8) is 0 Å². The summed E-state index contributed by atoms with van der Waals surface area (Å²) in [5.41, 5.74) is -0.732. The highest BCUT2D eigenvalue weighted by molar-refractivity contribution is 5.76. The van der Waals surface area contributed by atoms with Gasteiger partial charge in [-0.3, -0.25) is 4.90 Å². The van der Waals surface area contributed by atoms with Gasteiger partial charge in [0.25, 0.3) is 0 Å². The van der Waals surface area contributed by atoms with Gasteiger partial charge in [0, 0.05) is 0 Å². The second kappa shape index (κ2) is 10.4. The highest BCUT2D eigenvalue weighted by Gasteiger charge is 2.57. The zero-order chi connectivity index (χ0) is 26.0. The Kier molecular flexibility index (Phi) is 8.16. The Morgan fingerprint density at radius 1 is 1.11 bits per heavy atom. The molecule has 4 atom stereocenters. The summed E-state index contributed by atoms with van der Waals surface area (Å²) in [6.45, 7) is 14.8. The Balaban J connectivity index is 1.98. The first-order valence-electron chi connectivity index (χ1n) is 12.1. The molecule has 9 nitrogen and oxygen atoms in total. The predicted octanol–water partition coefficient (Wildman–Crippen LogP) is 4.03. The van der Waals surface area contributed by atoms with Crippen LogP contribution in [0.2, 0.25) is 0 Å². The van der Waals surface area contributed by atoms with Crippen LogP contribution in [0.15, 0.2) is 30.3 Å². The van der Waals surface area contributed by atoms with E-state index in [1.165, 1.54) is 4.90 Å². The number of hydrogen-bond donors (Lipinski definition) is 0. The van der Waals surface area contributed by atoms with Crippen LogP contribution in [-0.2, 0) is 39.8 Å². The van der Waals surface area contributed by atoms with Crippen LogP contribution >= 0.6 is 0 Å². The molecule has 2 saturated heterocycles. The molecule has 1 amide bonds. The molecule has 0 N–H and O–H groups in total. The van der Waals surface area contributed by atoms with Crippen LogP contribution in [-0.4, -0.2) is 71.6 Å².